The summed E-state index contributed by atoms with van der Waals surface area (Å²) in [7, 11) is 0. The monoisotopic (exact) mass is 392 g/mol. The Bertz CT molecular complexity index is 925. The van der Waals surface area contributed by atoms with E-state index in [2.05, 4.69) is 11.4 Å². The molecule has 0 spiro atoms. The second kappa shape index (κ2) is 8.49. The fourth-order valence-corrected chi connectivity index (χ4v) is 3.89. The Morgan fingerprint density at radius 2 is 1.97 bits per heavy atom. The smallest absolute Gasteiger partial charge is 0.411 e. The predicted octanol–water partition coefficient (Wildman–Crippen LogP) is 3.84. The lowest BCUT2D eigenvalue weighted by atomic mass is 9.90. The zero-order valence-corrected chi connectivity index (χ0v) is 16.3. The normalized spacial score (nSPS) is 20.6. The van der Waals surface area contributed by atoms with Gasteiger partial charge in [0, 0.05) is 12.6 Å². The van der Waals surface area contributed by atoms with Gasteiger partial charge in [0.2, 0.25) is 5.91 Å². The minimum absolute atomic E-state index is 0.0681. The van der Waals surface area contributed by atoms with Crippen molar-refractivity contribution in [2.45, 2.75) is 32.0 Å². The molecule has 2 aliphatic heterocycles. The largest absolute Gasteiger partial charge is 0.445 e. The van der Waals surface area contributed by atoms with Crippen molar-refractivity contribution in [2.75, 3.05) is 18.5 Å². The Labute approximate surface area is 170 Å². The minimum Gasteiger partial charge on any atom is -0.445 e. The van der Waals surface area contributed by atoms with Gasteiger partial charge in [-0.05, 0) is 35.3 Å². The van der Waals surface area contributed by atoms with Crippen molar-refractivity contribution < 1.29 is 19.1 Å². The average Bonchev–Trinajstić information content (AvgIpc) is 2.71. The number of benzene rings is 2. The van der Waals surface area contributed by atoms with E-state index in [1.807, 2.05) is 54.6 Å². The Balaban J connectivity index is 1.50. The van der Waals surface area contributed by atoms with Crippen molar-refractivity contribution >= 4 is 23.3 Å². The van der Waals surface area contributed by atoms with E-state index in [1.165, 1.54) is 6.92 Å². The van der Waals surface area contributed by atoms with Crippen LogP contribution in [0.4, 0.5) is 10.5 Å². The quantitative estimate of drug-likeness (QED) is 0.859. The van der Waals surface area contributed by atoms with Crippen LogP contribution < -0.4 is 5.32 Å². The molecule has 2 atom stereocenters. The van der Waals surface area contributed by atoms with E-state index in [9.17, 15) is 9.59 Å². The number of nitrogens with zero attached hydrogens (tertiary/aromatic N) is 1. The lowest BCUT2D eigenvalue weighted by Crippen LogP contribution is -2.56. The van der Waals surface area contributed by atoms with Crippen molar-refractivity contribution in [1.29, 1.82) is 0 Å². The number of morpholine rings is 1. The van der Waals surface area contributed by atoms with Crippen molar-refractivity contribution in [3.63, 3.8) is 0 Å². The number of hydrogen-bond donors (Lipinski definition) is 1. The number of rotatable bonds is 4. The Morgan fingerprint density at radius 1 is 1.14 bits per heavy atom. The summed E-state index contributed by atoms with van der Waals surface area (Å²) in [4.78, 5) is 25.9. The van der Waals surface area contributed by atoms with E-state index in [0.717, 1.165) is 22.4 Å². The van der Waals surface area contributed by atoms with Crippen LogP contribution in [0.2, 0.25) is 0 Å². The fraction of sp³-hybridized carbons (Fsp3) is 0.304. The van der Waals surface area contributed by atoms with E-state index in [0.29, 0.717) is 19.6 Å². The first-order valence-corrected chi connectivity index (χ1v) is 9.75. The first kappa shape index (κ1) is 19.2. The SMILES string of the molecule is CC(=O)Nc1cccc(C2=CC3COCC(C2)N3C(=O)OCc2ccccc2)c1. The van der Waals surface area contributed by atoms with Crippen molar-refractivity contribution in [1.82, 2.24) is 4.90 Å². The summed E-state index contributed by atoms with van der Waals surface area (Å²) in [5.41, 5.74) is 3.93. The van der Waals surface area contributed by atoms with Crippen molar-refractivity contribution in [2.24, 2.45) is 0 Å². The molecule has 1 fully saturated rings. The van der Waals surface area contributed by atoms with Gasteiger partial charge in [-0.25, -0.2) is 4.79 Å². The van der Waals surface area contributed by atoms with Crippen molar-refractivity contribution in [3.8, 4) is 0 Å². The Hall–Kier alpha value is -3.12. The van der Waals surface area contributed by atoms with Crippen LogP contribution in [0, 0.1) is 0 Å². The molecule has 0 radical (unpaired) electrons. The molecule has 2 bridgehead atoms. The summed E-state index contributed by atoms with van der Waals surface area (Å²) < 4.78 is 11.3. The number of carbonyl (C=O) groups excluding carboxylic acids is 2. The fourth-order valence-electron chi connectivity index (χ4n) is 3.89. The molecule has 2 heterocycles. The van der Waals surface area contributed by atoms with Gasteiger partial charge < -0.3 is 14.8 Å². The maximum atomic E-state index is 12.8. The Kier molecular flexibility index (Phi) is 5.62. The van der Waals surface area contributed by atoms with Crippen LogP contribution in [-0.2, 0) is 20.9 Å². The van der Waals surface area contributed by atoms with E-state index in [1.54, 1.807) is 4.90 Å². The summed E-state index contributed by atoms with van der Waals surface area (Å²) in [5.74, 6) is -0.0996. The highest BCUT2D eigenvalue weighted by Gasteiger charge is 2.39. The highest BCUT2D eigenvalue weighted by molar-refractivity contribution is 5.89. The number of hydrogen-bond acceptors (Lipinski definition) is 4. The van der Waals surface area contributed by atoms with Crippen LogP contribution >= 0.6 is 0 Å². The second-order valence-corrected chi connectivity index (χ2v) is 7.36. The van der Waals surface area contributed by atoms with Gasteiger partial charge in [-0.3, -0.25) is 9.69 Å². The molecular formula is C23H24N2O4. The molecule has 1 saturated heterocycles. The summed E-state index contributed by atoms with van der Waals surface area (Å²) in [6, 6.07) is 17.2. The molecule has 2 unspecified atom stereocenters. The molecule has 0 saturated carbocycles. The van der Waals surface area contributed by atoms with Crippen LogP contribution in [0.25, 0.3) is 5.57 Å². The van der Waals surface area contributed by atoms with E-state index < -0.39 is 0 Å². The molecule has 29 heavy (non-hydrogen) atoms. The molecule has 6 nitrogen and oxygen atoms in total. The molecule has 2 aromatic carbocycles. The lowest BCUT2D eigenvalue weighted by Gasteiger charge is -2.43. The van der Waals surface area contributed by atoms with Gasteiger partial charge in [-0.2, -0.15) is 0 Å². The van der Waals surface area contributed by atoms with Gasteiger partial charge in [0.15, 0.2) is 0 Å². The van der Waals surface area contributed by atoms with Crippen LogP contribution in [0.3, 0.4) is 0 Å². The summed E-state index contributed by atoms with van der Waals surface area (Å²) in [6.07, 6.45) is 2.45. The first-order valence-electron chi connectivity index (χ1n) is 9.75. The maximum Gasteiger partial charge on any atom is 0.411 e. The zero-order valence-electron chi connectivity index (χ0n) is 16.3. The van der Waals surface area contributed by atoms with Crippen LogP contribution in [0.1, 0.15) is 24.5 Å². The minimum atomic E-state index is -0.311. The van der Waals surface area contributed by atoms with E-state index >= 15 is 0 Å². The summed E-state index contributed by atoms with van der Waals surface area (Å²) >= 11 is 0. The molecule has 1 N–H and O–H groups in total. The van der Waals surface area contributed by atoms with Crippen LogP contribution in [0.5, 0.6) is 0 Å². The van der Waals surface area contributed by atoms with Crippen LogP contribution in [0.15, 0.2) is 60.7 Å². The predicted molar refractivity (Wildman–Crippen MR) is 110 cm³/mol. The number of anilines is 1. The van der Waals surface area contributed by atoms with Gasteiger partial charge in [0.05, 0.1) is 25.3 Å². The van der Waals surface area contributed by atoms with Crippen LogP contribution in [-0.4, -0.2) is 42.2 Å². The number of fused-ring (bicyclic) bond motifs is 2. The Morgan fingerprint density at radius 3 is 2.72 bits per heavy atom. The van der Waals surface area contributed by atoms with Gasteiger partial charge in [-0.1, -0.05) is 48.5 Å². The topological polar surface area (TPSA) is 67.9 Å². The summed E-state index contributed by atoms with van der Waals surface area (Å²) in [5, 5.41) is 2.82. The molecule has 2 amide bonds. The average molecular weight is 392 g/mol. The number of carbonyl (C=O) groups is 2. The molecule has 2 aliphatic rings. The summed E-state index contributed by atoms with van der Waals surface area (Å²) in [6.45, 7) is 2.69. The molecular weight excluding hydrogens is 368 g/mol. The number of nitrogens with one attached hydrogen (secondary N) is 1. The third kappa shape index (κ3) is 4.49. The molecule has 6 heteroatoms. The zero-order chi connectivity index (χ0) is 20.2. The third-order valence-electron chi connectivity index (χ3n) is 5.17. The second-order valence-electron chi connectivity index (χ2n) is 7.36. The van der Waals surface area contributed by atoms with Gasteiger partial charge >= 0.3 is 6.09 Å². The molecule has 0 aromatic heterocycles. The number of amides is 2. The molecule has 0 aliphatic carbocycles. The highest BCUT2D eigenvalue weighted by atomic mass is 16.6. The number of ether oxygens (including phenoxy) is 2. The molecule has 4 rings (SSSR count). The van der Waals surface area contributed by atoms with E-state index in [-0.39, 0.29) is 30.7 Å². The highest BCUT2D eigenvalue weighted by Crippen LogP contribution is 2.33. The standard InChI is InChI=1S/C23H24N2O4/c1-16(26)24-20-9-5-8-18(10-20)19-11-21-14-28-15-22(12-19)25(21)23(27)29-13-17-6-3-2-4-7-17/h2-11,21-22H,12-15H2,1H3,(H,24,26). The maximum absolute atomic E-state index is 12.8. The van der Waals surface area contributed by atoms with Crippen molar-refractivity contribution in [3.05, 3.63) is 71.8 Å². The van der Waals surface area contributed by atoms with Gasteiger partial charge in [0.25, 0.3) is 0 Å². The van der Waals surface area contributed by atoms with E-state index in [4.69, 9.17) is 9.47 Å². The molecule has 2 aromatic rings. The third-order valence-corrected chi connectivity index (χ3v) is 5.17. The van der Waals surface area contributed by atoms with Gasteiger partial charge in [-0.15, -0.1) is 0 Å². The lowest BCUT2D eigenvalue weighted by molar-refractivity contribution is -0.114. The van der Waals surface area contributed by atoms with Gasteiger partial charge in [0.1, 0.15) is 6.61 Å². The first-order chi connectivity index (χ1) is 14.1. The molecule has 150 valence electrons.